The van der Waals surface area contributed by atoms with Crippen LogP contribution in [0.4, 0.5) is 5.69 Å². The molecule has 1 aliphatic heterocycles. The Morgan fingerprint density at radius 2 is 1.61 bits per heavy atom. The van der Waals surface area contributed by atoms with Gasteiger partial charge < -0.3 is 15.5 Å². The first-order chi connectivity index (χ1) is 16.0. The van der Waals surface area contributed by atoms with Gasteiger partial charge in [0.2, 0.25) is 5.91 Å². The second-order valence-corrected chi connectivity index (χ2v) is 8.18. The average molecular weight is 442 g/mol. The largest absolute Gasteiger partial charge is 0.343 e. The Labute approximate surface area is 193 Å². The lowest BCUT2D eigenvalue weighted by Crippen LogP contribution is -2.47. The summed E-state index contributed by atoms with van der Waals surface area (Å²) in [5, 5.41) is 5.47. The lowest BCUT2D eigenvalue weighted by Gasteiger charge is -2.32. The number of nitrogens with zero attached hydrogens (tertiary/aromatic N) is 1. The molecule has 6 heteroatoms. The molecule has 0 fully saturated rings. The number of hydrogen-bond donors (Lipinski definition) is 2. The van der Waals surface area contributed by atoms with Gasteiger partial charge in [0.1, 0.15) is 6.04 Å². The first kappa shape index (κ1) is 22.3. The summed E-state index contributed by atoms with van der Waals surface area (Å²) in [6.45, 7) is 2.32. The number of rotatable bonds is 6. The van der Waals surface area contributed by atoms with Gasteiger partial charge in [0.05, 0.1) is 6.54 Å². The van der Waals surface area contributed by atoms with E-state index in [1.165, 1.54) is 0 Å². The lowest BCUT2D eigenvalue weighted by molar-refractivity contribution is -0.127. The molecular weight excluding hydrogens is 414 g/mol. The van der Waals surface area contributed by atoms with Gasteiger partial charge in [-0.2, -0.15) is 0 Å². The Bertz CT molecular complexity index is 1140. The fourth-order valence-corrected chi connectivity index (χ4v) is 4.03. The van der Waals surface area contributed by atoms with Crippen molar-refractivity contribution in [1.82, 2.24) is 10.6 Å². The molecule has 3 aromatic rings. The van der Waals surface area contributed by atoms with Crippen LogP contribution in [-0.2, 0) is 16.0 Å². The second kappa shape index (κ2) is 10.1. The number of nitrogens with one attached hydrogen (secondary N) is 2. The third-order valence-corrected chi connectivity index (χ3v) is 5.78. The average Bonchev–Trinajstić information content (AvgIpc) is 2.86. The van der Waals surface area contributed by atoms with E-state index in [0.29, 0.717) is 17.7 Å². The molecule has 3 aromatic carbocycles. The van der Waals surface area contributed by atoms with E-state index in [1.54, 1.807) is 17.0 Å². The summed E-state index contributed by atoms with van der Waals surface area (Å²) in [4.78, 5) is 40.5. The number of amides is 3. The monoisotopic (exact) mass is 441 g/mol. The van der Waals surface area contributed by atoms with Crippen LogP contribution in [0.1, 0.15) is 39.5 Å². The third-order valence-electron chi connectivity index (χ3n) is 5.78. The van der Waals surface area contributed by atoms with E-state index in [4.69, 9.17) is 0 Å². The molecule has 2 N–H and O–H groups in total. The summed E-state index contributed by atoms with van der Waals surface area (Å²) in [7, 11) is 0. The zero-order valence-corrected chi connectivity index (χ0v) is 18.6. The predicted molar refractivity (Wildman–Crippen MR) is 128 cm³/mol. The minimum absolute atomic E-state index is 0.188. The van der Waals surface area contributed by atoms with E-state index < -0.39 is 11.9 Å². The van der Waals surface area contributed by atoms with Gasteiger partial charge in [-0.1, -0.05) is 66.2 Å². The van der Waals surface area contributed by atoms with E-state index in [9.17, 15) is 14.4 Å². The van der Waals surface area contributed by atoms with Gasteiger partial charge in [-0.05, 0) is 49.1 Å². The van der Waals surface area contributed by atoms with Crippen molar-refractivity contribution < 1.29 is 14.4 Å². The maximum absolute atomic E-state index is 13.6. The van der Waals surface area contributed by atoms with Crippen molar-refractivity contribution in [1.29, 1.82) is 0 Å². The Kier molecular flexibility index (Phi) is 6.83. The van der Waals surface area contributed by atoms with Crippen molar-refractivity contribution in [3.8, 4) is 0 Å². The molecule has 0 aliphatic carbocycles. The summed E-state index contributed by atoms with van der Waals surface area (Å²) in [6, 6.07) is 23.3. The van der Waals surface area contributed by atoms with Crippen LogP contribution < -0.4 is 15.5 Å². The van der Waals surface area contributed by atoms with Gasteiger partial charge in [0, 0.05) is 17.8 Å². The first-order valence-corrected chi connectivity index (χ1v) is 11.1. The molecule has 1 aliphatic rings. The van der Waals surface area contributed by atoms with Gasteiger partial charge in [0.15, 0.2) is 0 Å². The van der Waals surface area contributed by atoms with E-state index in [1.807, 2.05) is 73.7 Å². The molecule has 0 aromatic heterocycles. The summed E-state index contributed by atoms with van der Waals surface area (Å²) in [5.74, 6) is -0.952. The van der Waals surface area contributed by atoms with E-state index in [-0.39, 0.29) is 18.4 Å². The highest BCUT2D eigenvalue weighted by Gasteiger charge is 2.30. The zero-order valence-electron chi connectivity index (χ0n) is 18.6. The quantitative estimate of drug-likeness (QED) is 0.614. The van der Waals surface area contributed by atoms with Crippen molar-refractivity contribution in [3.05, 3.63) is 101 Å². The number of carbonyl (C=O) groups excluding carboxylic acids is 3. The molecule has 0 unspecified atom stereocenters. The molecule has 0 spiro atoms. The summed E-state index contributed by atoms with van der Waals surface area (Å²) >= 11 is 0. The van der Waals surface area contributed by atoms with Crippen molar-refractivity contribution in [2.24, 2.45) is 0 Å². The smallest absolute Gasteiger partial charge is 0.254 e. The topological polar surface area (TPSA) is 78.5 Å². The van der Waals surface area contributed by atoms with Gasteiger partial charge in [-0.3, -0.25) is 14.4 Å². The standard InChI is InChI=1S/C27H27N3O3/c1-19-13-15-22(16-14-19)26(32)28-18-24(31)29-25(21-9-3-2-4-10-21)27(33)30-17-7-11-20-8-5-6-12-23(20)30/h2-6,8-10,12-16,25H,7,11,17-18H2,1H3,(H,28,32)(H,29,31)/t25-/m0/s1. The molecule has 33 heavy (non-hydrogen) atoms. The summed E-state index contributed by atoms with van der Waals surface area (Å²) < 4.78 is 0. The maximum atomic E-state index is 13.6. The summed E-state index contributed by atoms with van der Waals surface area (Å²) in [6.07, 6.45) is 1.79. The fourth-order valence-electron chi connectivity index (χ4n) is 4.03. The molecule has 4 rings (SSSR count). The van der Waals surface area contributed by atoms with Gasteiger partial charge in [-0.15, -0.1) is 0 Å². The number of carbonyl (C=O) groups is 3. The minimum atomic E-state index is -0.846. The zero-order chi connectivity index (χ0) is 23.2. The highest BCUT2D eigenvalue weighted by Crippen LogP contribution is 2.29. The fraction of sp³-hybridized carbons (Fsp3) is 0.222. The molecule has 0 bridgehead atoms. The summed E-state index contributed by atoms with van der Waals surface area (Å²) in [5.41, 5.74) is 4.24. The molecule has 6 nitrogen and oxygen atoms in total. The molecule has 168 valence electrons. The Morgan fingerprint density at radius 1 is 0.909 bits per heavy atom. The first-order valence-electron chi connectivity index (χ1n) is 11.1. The third kappa shape index (κ3) is 5.29. The number of benzene rings is 3. The van der Waals surface area contributed by atoms with Crippen LogP contribution in [0, 0.1) is 6.92 Å². The van der Waals surface area contributed by atoms with Crippen LogP contribution in [-0.4, -0.2) is 30.8 Å². The predicted octanol–water partition coefficient (Wildman–Crippen LogP) is 3.56. The normalized spacial score (nSPS) is 13.5. The van der Waals surface area contributed by atoms with Crippen LogP contribution in [0.5, 0.6) is 0 Å². The minimum Gasteiger partial charge on any atom is -0.343 e. The van der Waals surface area contributed by atoms with E-state index in [0.717, 1.165) is 29.7 Å². The van der Waals surface area contributed by atoms with Crippen molar-refractivity contribution in [2.45, 2.75) is 25.8 Å². The molecular formula is C27H27N3O3. The van der Waals surface area contributed by atoms with Crippen LogP contribution in [0.15, 0.2) is 78.9 Å². The number of anilines is 1. The number of aryl methyl sites for hydroxylation is 2. The Morgan fingerprint density at radius 3 is 2.36 bits per heavy atom. The highest BCUT2D eigenvalue weighted by atomic mass is 16.2. The Hall–Kier alpha value is -3.93. The lowest BCUT2D eigenvalue weighted by atomic mass is 9.99. The SMILES string of the molecule is Cc1ccc(C(=O)NCC(=O)N[C@H](C(=O)N2CCCc3ccccc32)c2ccccc2)cc1. The molecule has 3 amide bonds. The number of para-hydroxylation sites is 1. The highest BCUT2D eigenvalue weighted by molar-refractivity contribution is 6.01. The van der Waals surface area contributed by atoms with E-state index in [2.05, 4.69) is 10.6 Å². The molecule has 1 heterocycles. The number of fused-ring (bicyclic) bond motifs is 1. The van der Waals surface area contributed by atoms with Crippen LogP contribution in [0.3, 0.4) is 0 Å². The van der Waals surface area contributed by atoms with E-state index >= 15 is 0 Å². The van der Waals surface area contributed by atoms with Crippen molar-refractivity contribution >= 4 is 23.4 Å². The molecule has 0 saturated carbocycles. The maximum Gasteiger partial charge on any atom is 0.254 e. The Balaban J connectivity index is 1.49. The van der Waals surface area contributed by atoms with Gasteiger partial charge in [0.25, 0.3) is 11.8 Å². The van der Waals surface area contributed by atoms with Crippen molar-refractivity contribution in [3.63, 3.8) is 0 Å². The molecule has 0 radical (unpaired) electrons. The van der Waals surface area contributed by atoms with Crippen LogP contribution in [0.25, 0.3) is 0 Å². The van der Waals surface area contributed by atoms with Crippen LogP contribution in [0.2, 0.25) is 0 Å². The second-order valence-electron chi connectivity index (χ2n) is 8.18. The molecule has 0 saturated heterocycles. The van der Waals surface area contributed by atoms with Gasteiger partial charge in [-0.25, -0.2) is 0 Å². The van der Waals surface area contributed by atoms with Crippen molar-refractivity contribution in [2.75, 3.05) is 18.0 Å². The van der Waals surface area contributed by atoms with Gasteiger partial charge >= 0.3 is 0 Å². The molecule has 1 atom stereocenters. The number of hydrogen-bond acceptors (Lipinski definition) is 3. The van der Waals surface area contributed by atoms with Crippen LogP contribution >= 0.6 is 0 Å².